The fourth-order valence-electron chi connectivity index (χ4n) is 3.58. The van der Waals surface area contributed by atoms with E-state index in [1.807, 2.05) is 0 Å². The van der Waals surface area contributed by atoms with Crippen molar-refractivity contribution in [3.63, 3.8) is 0 Å². The molecule has 0 bridgehead atoms. The number of ether oxygens (including phenoxy) is 3. The van der Waals surface area contributed by atoms with E-state index >= 15 is 0 Å². The van der Waals surface area contributed by atoms with Gasteiger partial charge < -0.3 is 24.2 Å². The third-order valence-electron chi connectivity index (χ3n) is 5.38. The highest BCUT2D eigenvalue weighted by Gasteiger charge is 2.46. The Morgan fingerprint density at radius 2 is 1.72 bits per heavy atom. The van der Waals surface area contributed by atoms with Crippen molar-refractivity contribution in [2.45, 2.75) is 32.8 Å². The van der Waals surface area contributed by atoms with E-state index in [9.17, 15) is 19.5 Å². The zero-order chi connectivity index (χ0) is 26.5. The van der Waals surface area contributed by atoms with E-state index < -0.39 is 28.2 Å². The van der Waals surface area contributed by atoms with E-state index in [1.165, 1.54) is 36.5 Å². The molecule has 0 radical (unpaired) electrons. The normalized spacial score (nSPS) is 16.8. The Labute approximate surface area is 209 Å². The Balaban J connectivity index is 1.76. The van der Waals surface area contributed by atoms with Gasteiger partial charge in [-0.25, -0.2) is 14.6 Å². The number of carbonyl (C=O) groups is 3. The molecule has 190 valence electrons. The number of carboxylic acid groups (broad SMARTS) is 1. The topological polar surface area (TPSA) is 115 Å². The van der Waals surface area contributed by atoms with E-state index in [1.54, 1.807) is 64.2 Å². The van der Waals surface area contributed by atoms with Crippen LogP contribution in [0.1, 0.15) is 37.6 Å². The van der Waals surface area contributed by atoms with Crippen LogP contribution in [0.2, 0.25) is 0 Å². The van der Waals surface area contributed by atoms with Crippen molar-refractivity contribution >= 4 is 29.7 Å². The Morgan fingerprint density at radius 3 is 2.33 bits per heavy atom. The van der Waals surface area contributed by atoms with Gasteiger partial charge in [0, 0.05) is 25.7 Å². The molecule has 1 aliphatic rings. The van der Waals surface area contributed by atoms with Gasteiger partial charge >= 0.3 is 18.2 Å². The molecule has 0 aliphatic carbocycles. The highest BCUT2D eigenvalue weighted by atomic mass is 16.6. The number of hydrogen-bond acceptors (Lipinski definition) is 7. The van der Waals surface area contributed by atoms with Gasteiger partial charge in [0.2, 0.25) is 5.84 Å². The van der Waals surface area contributed by atoms with Gasteiger partial charge in [0.1, 0.15) is 28.9 Å². The van der Waals surface area contributed by atoms with Crippen LogP contribution in [0.25, 0.3) is 0 Å². The Hall–Kier alpha value is -4.18. The van der Waals surface area contributed by atoms with Crippen LogP contribution < -0.4 is 14.0 Å². The maximum atomic E-state index is 12.6. The van der Waals surface area contributed by atoms with Gasteiger partial charge in [0.15, 0.2) is 5.69 Å². The SMILES string of the molecule is COc1ccccc1C(=O)Oc1ccc([N+]2(C(=O)O)C=CN=C2CCN(C)C(=O)OC(C)(C)C)cc1. The molecule has 0 aromatic heterocycles. The van der Waals surface area contributed by atoms with Gasteiger partial charge in [-0.15, -0.1) is 4.48 Å². The van der Waals surface area contributed by atoms with E-state index in [0.29, 0.717) is 17.3 Å². The van der Waals surface area contributed by atoms with Crippen molar-refractivity contribution in [1.82, 2.24) is 9.38 Å². The van der Waals surface area contributed by atoms with Gasteiger partial charge in [0.05, 0.1) is 19.7 Å². The number of rotatable bonds is 7. The van der Waals surface area contributed by atoms with Crippen LogP contribution in [0.4, 0.5) is 15.3 Å². The predicted octanol–water partition coefficient (Wildman–Crippen LogP) is 5.04. The molecule has 3 rings (SSSR count). The van der Waals surface area contributed by atoms with Crippen molar-refractivity contribution < 1.29 is 33.7 Å². The van der Waals surface area contributed by atoms with Crippen molar-refractivity contribution in [3.8, 4) is 11.5 Å². The van der Waals surface area contributed by atoms with Crippen molar-refractivity contribution in [1.29, 1.82) is 0 Å². The van der Waals surface area contributed by atoms with Crippen LogP contribution in [-0.2, 0) is 4.74 Å². The lowest BCUT2D eigenvalue weighted by molar-refractivity contribution is 0.0302. The summed E-state index contributed by atoms with van der Waals surface area (Å²) >= 11 is 0. The summed E-state index contributed by atoms with van der Waals surface area (Å²) in [5.41, 5.74) is 0.00584. The summed E-state index contributed by atoms with van der Waals surface area (Å²) in [5, 5.41) is 10.2. The number of benzene rings is 2. The summed E-state index contributed by atoms with van der Waals surface area (Å²) in [6.07, 6.45) is 1.39. The Kier molecular flexibility index (Phi) is 7.79. The first-order valence-electron chi connectivity index (χ1n) is 11.2. The molecular formula is C26H30N3O7+. The van der Waals surface area contributed by atoms with Crippen molar-refractivity contribution in [2.24, 2.45) is 4.99 Å². The summed E-state index contributed by atoms with van der Waals surface area (Å²) < 4.78 is 15.3. The van der Waals surface area contributed by atoms with E-state index in [2.05, 4.69) is 4.99 Å². The number of carbonyl (C=O) groups excluding carboxylic acids is 2. The minimum atomic E-state index is -1.17. The second-order valence-corrected chi connectivity index (χ2v) is 9.08. The second-order valence-electron chi connectivity index (χ2n) is 9.08. The van der Waals surface area contributed by atoms with Crippen LogP contribution in [0.3, 0.4) is 0 Å². The number of quaternary nitrogens is 1. The van der Waals surface area contributed by atoms with Crippen LogP contribution in [0, 0.1) is 0 Å². The Bertz CT molecular complexity index is 1200. The van der Waals surface area contributed by atoms with Gasteiger partial charge in [-0.1, -0.05) is 12.1 Å². The predicted molar refractivity (Wildman–Crippen MR) is 134 cm³/mol. The Morgan fingerprint density at radius 1 is 1.06 bits per heavy atom. The van der Waals surface area contributed by atoms with Crippen LogP contribution in [-0.4, -0.2) is 60.3 Å². The summed E-state index contributed by atoms with van der Waals surface area (Å²) in [7, 11) is 3.04. The highest BCUT2D eigenvalue weighted by Crippen LogP contribution is 2.32. The van der Waals surface area contributed by atoms with E-state index in [-0.39, 0.29) is 24.3 Å². The number of amidine groups is 1. The molecule has 10 nitrogen and oxygen atoms in total. The number of hydrogen-bond donors (Lipinski definition) is 1. The third kappa shape index (κ3) is 5.72. The minimum Gasteiger partial charge on any atom is -0.496 e. The molecule has 10 heteroatoms. The molecule has 1 aliphatic heterocycles. The molecule has 1 atom stereocenters. The number of nitrogens with zero attached hydrogens (tertiary/aromatic N) is 3. The summed E-state index contributed by atoms with van der Waals surface area (Å²) in [6.45, 7) is 5.52. The maximum absolute atomic E-state index is 12.6. The summed E-state index contributed by atoms with van der Waals surface area (Å²) in [6, 6.07) is 12.8. The molecule has 1 unspecified atom stereocenters. The van der Waals surface area contributed by atoms with E-state index in [4.69, 9.17) is 14.2 Å². The highest BCUT2D eigenvalue weighted by molar-refractivity contribution is 6.11. The molecule has 2 aromatic rings. The van der Waals surface area contributed by atoms with E-state index in [0.717, 1.165) is 0 Å². The first-order chi connectivity index (χ1) is 17.0. The largest absolute Gasteiger partial charge is 0.529 e. The van der Waals surface area contributed by atoms with Gasteiger partial charge in [-0.2, -0.15) is 4.79 Å². The molecule has 2 aromatic carbocycles. The fourth-order valence-corrected chi connectivity index (χ4v) is 3.58. The average molecular weight is 497 g/mol. The van der Waals surface area contributed by atoms with Gasteiger partial charge in [0.25, 0.3) is 0 Å². The molecule has 1 heterocycles. The van der Waals surface area contributed by atoms with Crippen LogP contribution in [0.15, 0.2) is 65.9 Å². The number of aliphatic imine (C=N–C) groups is 1. The lowest BCUT2D eigenvalue weighted by atomic mass is 10.2. The molecular weight excluding hydrogens is 466 g/mol. The van der Waals surface area contributed by atoms with Gasteiger partial charge in [-0.05, 0) is 45.0 Å². The molecule has 36 heavy (non-hydrogen) atoms. The lowest BCUT2D eigenvalue weighted by Crippen LogP contribution is -2.52. The molecule has 0 fully saturated rings. The zero-order valence-corrected chi connectivity index (χ0v) is 20.9. The minimum absolute atomic E-state index is 0.194. The summed E-state index contributed by atoms with van der Waals surface area (Å²) in [4.78, 5) is 43.0. The average Bonchev–Trinajstić information content (AvgIpc) is 3.27. The standard InChI is InChI=1S/C26H29N3O7/c1-26(2,3)36-24(31)28(4)16-14-22-27-15-17-29(22,25(32)33)18-10-12-19(13-11-18)35-23(30)20-8-6-7-9-21(20)34-5/h6-13,15,17H,14,16H2,1-5H3/p+1. The molecule has 2 amide bonds. The molecule has 1 N–H and O–H groups in total. The molecule has 0 spiro atoms. The number of amides is 2. The first kappa shape index (κ1) is 26.4. The van der Waals surface area contributed by atoms with Crippen LogP contribution in [0.5, 0.6) is 11.5 Å². The monoisotopic (exact) mass is 496 g/mol. The van der Waals surface area contributed by atoms with Crippen LogP contribution >= 0.6 is 0 Å². The molecule has 0 saturated heterocycles. The molecule has 0 saturated carbocycles. The number of methoxy groups -OCH3 is 1. The van der Waals surface area contributed by atoms with Crippen molar-refractivity contribution in [3.05, 3.63) is 66.5 Å². The second kappa shape index (κ2) is 10.6. The quantitative estimate of drug-likeness (QED) is 0.324. The van der Waals surface area contributed by atoms with Gasteiger partial charge in [-0.3, -0.25) is 0 Å². The lowest BCUT2D eigenvalue weighted by Gasteiger charge is -2.28. The van der Waals surface area contributed by atoms with Crippen molar-refractivity contribution in [2.75, 3.05) is 20.7 Å². The zero-order valence-electron chi connectivity index (χ0n) is 20.9. The third-order valence-corrected chi connectivity index (χ3v) is 5.38. The number of para-hydroxylation sites is 1. The fraction of sp³-hybridized carbons (Fsp3) is 0.308. The first-order valence-corrected chi connectivity index (χ1v) is 11.2. The smallest absolute Gasteiger partial charge is 0.496 e. The summed E-state index contributed by atoms with van der Waals surface area (Å²) in [5.74, 6) is 0.339. The number of esters is 1. The maximum Gasteiger partial charge on any atom is 0.529 e.